The van der Waals surface area contributed by atoms with Crippen LogP contribution in [0.2, 0.25) is 10.0 Å². The van der Waals surface area contributed by atoms with E-state index in [1.54, 1.807) is 30.5 Å². The molecule has 0 unspecified atom stereocenters. The number of oxazole rings is 1. The van der Waals surface area contributed by atoms with Crippen molar-refractivity contribution in [3.63, 3.8) is 0 Å². The van der Waals surface area contributed by atoms with Gasteiger partial charge in [-0.05, 0) is 41.5 Å². The number of carbonyl (C=O) groups excluding carboxylic acids is 1. The van der Waals surface area contributed by atoms with Crippen LogP contribution in [-0.4, -0.2) is 27.3 Å². The van der Waals surface area contributed by atoms with Crippen molar-refractivity contribution in [1.29, 1.82) is 0 Å². The standard InChI is InChI=1S/C27H23Cl2F3N4O2/c28-21-8-7-19(23(29)13-21)15-36(14-18-4-3-5-20(12-18)27(30,31)32)16-25-35-24(17-38-25)26(37)34-11-9-22-6-1-2-10-33-22/h1-8,10,12-13,17H,9,11,14-16H2,(H,34,37). The van der Waals surface area contributed by atoms with Gasteiger partial charge in [-0.25, -0.2) is 4.98 Å². The summed E-state index contributed by atoms with van der Waals surface area (Å²) >= 11 is 12.4. The maximum Gasteiger partial charge on any atom is 0.416 e. The summed E-state index contributed by atoms with van der Waals surface area (Å²) in [4.78, 5) is 22.8. The van der Waals surface area contributed by atoms with Crippen molar-refractivity contribution >= 4 is 29.1 Å². The lowest BCUT2D eigenvalue weighted by molar-refractivity contribution is -0.137. The first-order chi connectivity index (χ1) is 18.2. The summed E-state index contributed by atoms with van der Waals surface area (Å²) in [5.41, 5.74) is 1.38. The Labute approximate surface area is 227 Å². The van der Waals surface area contributed by atoms with Crippen LogP contribution in [0.5, 0.6) is 0 Å². The molecule has 0 aliphatic rings. The quantitative estimate of drug-likeness (QED) is 0.236. The summed E-state index contributed by atoms with van der Waals surface area (Å²) in [6.45, 7) is 0.919. The van der Waals surface area contributed by atoms with Gasteiger partial charge in [0.2, 0.25) is 5.89 Å². The highest BCUT2D eigenvalue weighted by Gasteiger charge is 2.30. The Morgan fingerprint density at radius 1 is 1.00 bits per heavy atom. The van der Waals surface area contributed by atoms with Crippen LogP contribution in [0.3, 0.4) is 0 Å². The summed E-state index contributed by atoms with van der Waals surface area (Å²) in [5, 5.41) is 3.67. The Kier molecular flexibility index (Phi) is 9.04. The molecular weight excluding hydrogens is 540 g/mol. The third-order valence-corrected chi connectivity index (χ3v) is 6.19. The van der Waals surface area contributed by atoms with Gasteiger partial charge in [0.05, 0.1) is 12.1 Å². The van der Waals surface area contributed by atoms with Crippen LogP contribution in [0.15, 0.2) is 77.5 Å². The van der Waals surface area contributed by atoms with Crippen LogP contribution in [0.1, 0.15) is 38.8 Å². The number of nitrogens with zero attached hydrogens (tertiary/aromatic N) is 3. The molecule has 0 aliphatic carbocycles. The number of carbonyl (C=O) groups is 1. The predicted molar refractivity (Wildman–Crippen MR) is 138 cm³/mol. The number of alkyl halides is 3. The molecule has 0 saturated heterocycles. The van der Waals surface area contributed by atoms with Crippen molar-refractivity contribution in [1.82, 2.24) is 20.2 Å². The molecule has 38 heavy (non-hydrogen) atoms. The Hall–Kier alpha value is -3.40. The minimum atomic E-state index is -4.46. The zero-order valence-corrected chi connectivity index (χ0v) is 21.5. The third kappa shape index (κ3) is 7.80. The van der Waals surface area contributed by atoms with Crippen LogP contribution in [-0.2, 0) is 32.2 Å². The molecule has 0 saturated carbocycles. The molecular formula is C27H23Cl2F3N4O2. The van der Waals surface area contributed by atoms with Crippen LogP contribution in [0.25, 0.3) is 0 Å². The molecule has 1 N–H and O–H groups in total. The average Bonchev–Trinajstić information content (AvgIpc) is 3.34. The highest BCUT2D eigenvalue weighted by molar-refractivity contribution is 6.35. The van der Waals surface area contributed by atoms with E-state index in [1.807, 2.05) is 23.1 Å². The molecule has 2 aromatic heterocycles. The summed E-state index contributed by atoms with van der Waals surface area (Å²) in [6, 6.07) is 15.7. The second-order valence-corrected chi connectivity index (χ2v) is 9.38. The Balaban J connectivity index is 1.46. The zero-order valence-electron chi connectivity index (χ0n) is 20.0. The summed E-state index contributed by atoms with van der Waals surface area (Å²) < 4.78 is 45.3. The Morgan fingerprint density at radius 2 is 1.84 bits per heavy atom. The van der Waals surface area contributed by atoms with Crippen LogP contribution in [0, 0.1) is 0 Å². The van der Waals surface area contributed by atoms with Crippen molar-refractivity contribution in [2.75, 3.05) is 6.54 Å². The van der Waals surface area contributed by atoms with Gasteiger partial charge < -0.3 is 9.73 Å². The van der Waals surface area contributed by atoms with Gasteiger partial charge in [0.15, 0.2) is 5.69 Å². The first kappa shape index (κ1) is 27.6. The molecule has 0 radical (unpaired) electrons. The normalized spacial score (nSPS) is 11.6. The third-order valence-electron chi connectivity index (χ3n) is 5.61. The number of hydrogen-bond acceptors (Lipinski definition) is 5. The van der Waals surface area contributed by atoms with Gasteiger partial charge in [0.25, 0.3) is 5.91 Å². The Bertz CT molecular complexity index is 1380. The molecule has 6 nitrogen and oxygen atoms in total. The van der Waals surface area contributed by atoms with Crippen molar-refractivity contribution in [3.05, 3.63) is 117 Å². The van der Waals surface area contributed by atoms with Crippen molar-refractivity contribution in [2.45, 2.75) is 32.2 Å². The monoisotopic (exact) mass is 562 g/mol. The van der Waals surface area contributed by atoms with E-state index in [0.717, 1.165) is 23.4 Å². The van der Waals surface area contributed by atoms with Crippen molar-refractivity contribution < 1.29 is 22.4 Å². The zero-order chi connectivity index (χ0) is 27.1. The van der Waals surface area contributed by atoms with Gasteiger partial charge in [-0.1, -0.05) is 53.5 Å². The first-order valence-electron chi connectivity index (χ1n) is 11.6. The van der Waals surface area contributed by atoms with E-state index in [9.17, 15) is 18.0 Å². The molecule has 11 heteroatoms. The highest BCUT2D eigenvalue weighted by atomic mass is 35.5. The number of nitrogens with one attached hydrogen (secondary N) is 1. The van der Waals surface area contributed by atoms with Gasteiger partial charge in [-0.2, -0.15) is 13.2 Å². The van der Waals surface area contributed by atoms with Gasteiger partial charge in [0, 0.05) is 48.0 Å². The number of benzene rings is 2. The maximum atomic E-state index is 13.2. The van der Waals surface area contributed by atoms with E-state index in [2.05, 4.69) is 15.3 Å². The average molecular weight is 563 g/mol. The SMILES string of the molecule is O=C(NCCc1ccccn1)c1coc(CN(Cc2cccc(C(F)(F)F)c2)Cc2ccc(Cl)cc2Cl)n1. The summed E-state index contributed by atoms with van der Waals surface area (Å²) in [7, 11) is 0. The number of aromatic nitrogens is 2. The molecule has 2 aromatic carbocycles. The van der Waals surface area contributed by atoms with Crippen molar-refractivity contribution in [3.8, 4) is 0 Å². The Morgan fingerprint density at radius 3 is 2.58 bits per heavy atom. The van der Waals surface area contributed by atoms with Gasteiger partial charge in [-0.15, -0.1) is 0 Å². The number of amides is 1. The largest absolute Gasteiger partial charge is 0.447 e. The summed E-state index contributed by atoms with van der Waals surface area (Å²) in [6.07, 6.45) is -0.960. The second-order valence-electron chi connectivity index (χ2n) is 8.53. The van der Waals surface area contributed by atoms with Crippen LogP contribution < -0.4 is 5.32 Å². The number of hydrogen-bond donors (Lipinski definition) is 1. The lowest BCUT2D eigenvalue weighted by Gasteiger charge is -2.22. The molecule has 2 heterocycles. The van der Waals surface area contributed by atoms with E-state index >= 15 is 0 Å². The molecule has 0 bridgehead atoms. The number of rotatable bonds is 10. The van der Waals surface area contributed by atoms with E-state index in [0.29, 0.717) is 28.6 Å². The lowest BCUT2D eigenvalue weighted by Crippen LogP contribution is -2.26. The van der Waals surface area contributed by atoms with E-state index in [4.69, 9.17) is 27.6 Å². The van der Waals surface area contributed by atoms with Gasteiger partial charge in [-0.3, -0.25) is 14.7 Å². The van der Waals surface area contributed by atoms with Crippen molar-refractivity contribution in [2.24, 2.45) is 0 Å². The van der Waals surface area contributed by atoms with Crippen LogP contribution >= 0.6 is 23.2 Å². The van der Waals surface area contributed by atoms with Gasteiger partial charge >= 0.3 is 6.18 Å². The second kappa shape index (κ2) is 12.4. The molecule has 4 aromatic rings. The fourth-order valence-electron chi connectivity index (χ4n) is 3.78. The van der Waals surface area contributed by atoms with Gasteiger partial charge in [0.1, 0.15) is 6.26 Å². The van der Waals surface area contributed by atoms with E-state index in [-0.39, 0.29) is 31.2 Å². The lowest BCUT2D eigenvalue weighted by atomic mass is 10.1. The smallest absolute Gasteiger partial charge is 0.416 e. The fourth-order valence-corrected chi connectivity index (χ4v) is 4.25. The molecule has 1 amide bonds. The topological polar surface area (TPSA) is 71.3 Å². The molecule has 0 aliphatic heterocycles. The molecule has 4 rings (SSSR count). The minimum absolute atomic E-state index is 0.101. The minimum Gasteiger partial charge on any atom is -0.447 e. The van der Waals surface area contributed by atoms with E-state index < -0.39 is 17.6 Å². The molecule has 0 fully saturated rings. The van der Waals surface area contributed by atoms with E-state index in [1.165, 1.54) is 12.3 Å². The molecule has 0 atom stereocenters. The maximum absolute atomic E-state index is 13.2. The fraction of sp³-hybridized carbons (Fsp3) is 0.222. The molecule has 0 spiro atoms. The number of pyridine rings is 1. The first-order valence-corrected chi connectivity index (χ1v) is 12.4. The van der Waals surface area contributed by atoms with Crippen LogP contribution in [0.4, 0.5) is 13.2 Å². The summed E-state index contributed by atoms with van der Waals surface area (Å²) in [5.74, 6) is -0.168. The predicted octanol–water partition coefficient (Wildman–Crippen LogP) is 6.57. The number of halogens is 5. The highest BCUT2D eigenvalue weighted by Crippen LogP contribution is 2.30. The molecule has 198 valence electrons.